The van der Waals surface area contributed by atoms with Crippen LogP contribution >= 0.6 is 0 Å². The van der Waals surface area contributed by atoms with Crippen molar-refractivity contribution in [3.05, 3.63) is 11.9 Å². The molecule has 8 heteroatoms. The van der Waals surface area contributed by atoms with Gasteiger partial charge in [-0.15, -0.1) is 0 Å². The molecule has 3 heterocycles. The summed E-state index contributed by atoms with van der Waals surface area (Å²) in [5, 5.41) is 3.25. The number of hydrogen-bond donors (Lipinski definition) is 1. The summed E-state index contributed by atoms with van der Waals surface area (Å²) in [5.74, 6) is 0.399. The van der Waals surface area contributed by atoms with E-state index in [1.54, 1.807) is 0 Å². The number of nitrogens with zero attached hydrogens (tertiary/aromatic N) is 3. The normalized spacial score (nSPS) is 23.1. The molecule has 2 aliphatic heterocycles. The number of aromatic nitrogens is 2. The third-order valence-electron chi connectivity index (χ3n) is 3.32. The molecule has 0 amide bonds. The zero-order chi connectivity index (χ0) is 13.5. The third kappa shape index (κ3) is 2.32. The fourth-order valence-corrected chi connectivity index (χ4v) is 2.39. The third-order valence-corrected chi connectivity index (χ3v) is 3.32. The van der Waals surface area contributed by atoms with Crippen LogP contribution < -0.4 is 15.0 Å². The summed E-state index contributed by atoms with van der Waals surface area (Å²) < 4.78 is 43.2. The number of halogens is 3. The second kappa shape index (κ2) is 4.52. The maximum atomic E-state index is 12.6. The highest BCUT2D eigenvalue weighted by Crippen LogP contribution is 2.34. The van der Waals surface area contributed by atoms with Gasteiger partial charge in [0.15, 0.2) is 11.5 Å². The second-order valence-electron chi connectivity index (χ2n) is 4.57. The zero-order valence-corrected chi connectivity index (χ0v) is 10.1. The lowest BCUT2D eigenvalue weighted by Gasteiger charge is -2.35. The second-order valence-corrected chi connectivity index (χ2v) is 4.57. The largest absolute Gasteiger partial charge is 0.475 e. The number of ether oxygens (including phenoxy) is 1. The molecular weight excluding hydrogens is 261 g/mol. The van der Waals surface area contributed by atoms with Gasteiger partial charge in [-0.05, 0) is 0 Å². The molecule has 1 aromatic heterocycles. The molecule has 0 saturated carbocycles. The van der Waals surface area contributed by atoms with Gasteiger partial charge >= 0.3 is 6.18 Å². The predicted octanol–water partition coefficient (Wildman–Crippen LogP) is 1.06. The molecule has 104 valence electrons. The van der Waals surface area contributed by atoms with Gasteiger partial charge in [-0.1, -0.05) is 0 Å². The van der Waals surface area contributed by atoms with Crippen LogP contribution in [0.15, 0.2) is 6.20 Å². The maximum Gasteiger partial charge on any atom is 0.435 e. The number of alkyl halides is 3. The fraction of sp³-hybridized carbons (Fsp3) is 0.636. The van der Waals surface area contributed by atoms with E-state index in [1.165, 1.54) is 0 Å². The molecular formula is C11H13F3N4O. The summed E-state index contributed by atoms with van der Waals surface area (Å²) in [6, 6.07) is 0.195. The number of anilines is 1. The van der Waals surface area contributed by atoms with Gasteiger partial charge in [-0.25, -0.2) is 9.97 Å². The molecule has 1 atom stereocenters. The highest BCUT2D eigenvalue weighted by molar-refractivity contribution is 5.51. The van der Waals surface area contributed by atoms with Crippen molar-refractivity contribution in [2.24, 2.45) is 0 Å². The fourth-order valence-electron chi connectivity index (χ4n) is 2.39. The van der Waals surface area contributed by atoms with Crippen LogP contribution in [0, 0.1) is 0 Å². The van der Waals surface area contributed by atoms with E-state index in [0.717, 1.165) is 25.7 Å². The van der Waals surface area contributed by atoms with Gasteiger partial charge in [-0.3, -0.25) is 0 Å². The maximum absolute atomic E-state index is 12.6. The first-order chi connectivity index (χ1) is 9.05. The Bertz CT molecular complexity index is 479. The molecule has 1 N–H and O–H groups in total. The van der Waals surface area contributed by atoms with Crippen molar-refractivity contribution < 1.29 is 17.9 Å². The summed E-state index contributed by atoms with van der Waals surface area (Å²) in [4.78, 5) is 9.46. The lowest BCUT2D eigenvalue weighted by molar-refractivity contribution is -0.141. The van der Waals surface area contributed by atoms with Crippen molar-refractivity contribution in [3.8, 4) is 5.88 Å². The molecule has 0 aliphatic carbocycles. The molecule has 1 fully saturated rings. The number of rotatable bonds is 0. The van der Waals surface area contributed by atoms with Crippen molar-refractivity contribution in [1.29, 1.82) is 0 Å². The lowest BCUT2D eigenvalue weighted by Crippen LogP contribution is -2.51. The van der Waals surface area contributed by atoms with Gasteiger partial charge < -0.3 is 15.0 Å². The minimum atomic E-state index is -4.50. The predicted molar refractivity (Wildman–Crippen MR) is 61.1 cm³/mol. The van der Waals surface area contributed by atoms with Crippen molar-refractivity contribution in [2.45, 2.75) is 18.6 Å². The van der Waals surface area contributed by atoms with Crippen LogP contribution in [0.5, 0.6) is 5.88 Å². The smallest absolute Gasteiger partial charge is 0.435 e. The monoisotopic (exact) mass is 274 g/mol. The molecule has 19 heavy (non-hydrogen) atoms. The highest BCUT2D eigenvalue weighted by Gasteiger charge is 2.36. The summed E-state index contributed by atoms with van der Waals surface area (Å²) >= 11 is 0. The quantitative estimate of drug-likeness (QED) is 0.766. The Balaban J connectivity index is 1.99. The molecule has 3 rings (SSSR count). The van der Waals surface area contributed by atoms with E-state index in [-0.39, 0.29) is 11.9 Å². The zero-order valence-electron chi connectivity index (χ0n) is 10.1. The Morgan fingerprint density at radius 1 is 1.42 bits per heavy atom. The molecule has 1 aromatic rings. The van der Waals surface area contributed by atoms with Crippen LogP contribution in [-0.2, 0) is 6.18 Å². The van der Waals surface area contributed by atoms with Gasteiger partial charge in [0, 0.05) is 32.1 Å². The van der Waals surface area contributed by atoms with Crippen LogP contribution in [0.4, 0.5) is 19.0 Å². The molecule has 5 nitrogen and oxygen atoms in total. The van der Waals surface area contributed by atoms with E-state index in [1.807, 2.05) is 4.90 Å². The molecule has 0 aromatic carbocycles. The van der Waals surface area contributed by atoms with Gasteiger partial charge in [0.1, 0.15) is 0 Å². The molecule has 0 bridgehead atoms. The molecule has 1 saturated heterocycles. The summed E-state index contributed by atoms with van der Waals surface area (Å²) in [6.07, 6.45) is -2.99. The first-order valence-corrected chi connectivity index (χ1v) is 6.10. The minimum Gasteiger partial charge on any atom is -0.475 e. The first kappa shape index (κ1) is 12.5. The summed E-state index contributed by atoms with van der Waals surface area (Å²) in [7, 11) is 0. The summed E-state index contributed by atoms with van der Waals surface area (Å²) in [5.41, 5.74) is -1.01. The van der Waals surface area contributed by atoms with Gasteiger partial charge in [0.2, 0.25) is 0 Å². The Morgan fingerprint density at radius 2 is 2.26 bits per heavy atom. The van der Waals surface area contributed by atoms with Crippen molar-refractivity contribution in [1.82, 2.24) is 15.3 Å². The van der Waals surface area contributed by atoms with Crippen molar-refractivity contribution >= 4 is 5.82 Å². The van der Waals surface area contributed by atoms with Crippen LogP contribution in [0.1, 0.15) is 12.1 Å². The Hall–Kier alpha value is -1.57. The van der Waals surface area contributed by atoms with Crippen LogP contribution in [0.25, 0.3) is 0 Å². The van der Waals surface area contributed by atoms with Crippen molar-refractivity contribution in [2.75, 3.05) is 31.1 Å². The van der Waals surface area contributed by atoms with E-state index < -0.39 is 11.9 Å². The minimum absolute atomic E-state index is 0.0146. The van der Waals surface area contributed by atoms with E-state index in [2.05, 4.69) is 15.3 Å². The molecule has 0 spiro atoms. The Labute approximate surface area is 107 Å². The van der Waals surface area contributed by atoms with Gasteiger partial charge in [-0.2, -0.15) is 13.2 Å². The number of fused-ring (bicyclic) bond motifs is 3. The average molecular weight is 274 g/mol. The van der Waals surface area contributed by atoms with Crippen LogP contribution in [0.2, 0.25) is 0 Å². The van der Waals surface area contributed by atoms with E-state index in [4.69, 9.17) is 4.74 Å². The average Bonchev–Trinajstić information content (AvgIpc) is 2.56. The van der Waals surface area contributed by atoms with Crippen LogP contribution in [-0.4, -0.2) is 42.3 Å². The van der Waals surface area contributed by atoms with E-state index >= 15 is 0 Å². The molecule has 2 aliphatic rings. The van der Waals surface area contributed by atoms with Gasteiger partial charge in [0.25, 0.3) is 5.88 Å². The standard InChI is InChI=1S/C11H13F3N4O/c12-11(13,14)8-6-16-9-10(17-8)19-4-1-7-5-15-2-3-18(7)9/h6-7,15H,1-5H2/t7-/m0/s1. The van der Waals surface area contributed by atoms with Gasteiger partial charge in [0.05, 0.1) is 12.8 Å². The first-order valence-electron chi connectivity index (χ1n) is 6.10. The Kier molecular flexibility index (Phi) is 2.96. The highest BCUT2D eigenvalue weighted by atomic mass is 19.4. The molecule has 0 radical (unpaired) electrons. The summed E-state index contributed by atoms with van der Waals surface area (Å²) in [6.45, 7) is 2.61. The van der Waals surface area contributed by atoms with E-state index in [9.17, 15) is 13.2 Å². The van der Waals surface area contributed by atoms with E-state index in [0.29, 0.717) is 19.0 Å². The number of hydrogen-bond acceptors (Lipinski definition) is 5. The lowest BCUT2D eigenvalue weighted by atomic mass is 10.1. The SMILES string of the molecule is FC(F)(F)c1cnc2c(n1)OCC[C@H]1CNCCN21. The van der Waals surface area contributed by atoms with Crippen molar-refractivity contribution in [3.63, 3.8) is 0 Å². The topological polar surface area (TPSA) is 50.3 Å². The number of piperazine rings is 1. The number of nitrogens with one attached hydrogen (secondary N) is 1. The van der Waals surface area contributed by atoms with Crippen LogP contribution in [0.3, 0.4) is 0 Å². The Morgan fingerprint density at radius 3 is 3.05 bits per heavy atom. The molecule has 0 unspecified atom stereocenters.